The van der Waals surface area contributed by atoms with Crippen molar-refractivity contribution in [3.05, 3.63) is 11.5 Å². The molecule has 2 heterocycles. The monoisotopic (exact) mass is 235 g/mol. The van der Waals surface area contributed by atoms with Crippen LogP contribution in [-0.2, 0) is 0 Å². The molecule has 1 saturated heterocycles. The van der Waals surface area contributed by atoms with Gasteiger partial charge in [-0.15, -0.1) is 0 Å². The molecule has 0 spiro atoms. The molecule has 0 amide bonds. The maximum absolute atomic E-state index is 12.7. The molecule has 0 aromatic carbocycles. The van der Waals surface area contributed by atoms with Crippen LogP contribution >= 0.6 is 11.6 Å². The lowest BCUT2D eigenvalue weighted by Crippen LogP contribution is -2.56. The van der Waals surface area contributed by atoms with Crippen molar-refractivity contribution in [3.63, 3.8) is 0 Å². The number of hydrogen-bond acceptors (Lipinski definition) is 4. The molecule has 82 valence electrons. The molecule has 0 aliphatic carbocycles. The number of ether oxygens (including phenoxy) is 1. The fraction of sp³-hybridized carbons (Fsp3) is 0.500. The Hall–Kier alpha value is -1.17. The van der Waals surface area contributed by atoms with Crippen LogP contribution in [0.1, 0.15) is 0 Å². The van der Waals surface area contributed by atoms with Gasteiger partial charge in [0.1, 0.15) is 0 Å². The average molecular weight is 236 g/mol. The van der Waals surface area contributed by atoms with E-state index in [4.69, 9.17) is 16.3 Å². The lowest BCUT2D eigenvalue weighted by Gasteiger charge is -2.39. The van der Waals surface area contributed by atoms with Crippen molar-refractivity contribution in [1.82, 2.24) is 9.97 Å². The largest absolute Gasteiger partial charge is 0.491 e. The third-order valence-electron chi connectivity index (χ3n) is 2.07. The molecule has 1 aromatic rings. The van der Waals surface area contributed by atoms with E-state index in [2.05, 4.69) is 9.97 Å². The molecule has 2 rings (SSSR count). The fourth-order valence-corrected chi connectivity index (χ4v) is 1.50. The summed E-state index contributed by atoms with van der Waals surface area (Å²) in [5.41, 5.74) is 0. The van der Waals surface area contributed by atoms with Crippen LogP contribution in [0.25, 0.3) is 0 Å². The number of hydrogen-bond donors (Lipinski definition) is 0. The zero-order valence-electron chi connectivity index (χ0n) is 7.88. The van der Waals surface area contributed by atoms with E-state index in [1.165, 1.54) is 18.2 Å². The first kappa shape index (κ1) is 10.4. The molecule has 1 fully saturated rings. The zero-order chi connectivity index (χ0) is 11.1. The molecule has 1 aliphatic rings. The van der Waals surface area contributed by atoms with Crippen LogP contribution in [0.4, 0.5) is 14.6 Å². The van der Waals surface area contributed by atoms with Gasteiger partial charge in [0.05, 0.1) is 26.4 Å². The van der Waals surface area contributed by atoms with Crippen LogP contribution in [0.3, 0.4) is 0 Å². The Balaban J connectivity index is 2.24. The zero-order valence-corrected chi connectivity index (χ0v) is 8.63. The van der Waals surface area contributed by atoms with Gasteiger partial charge < -0.3 is 9.64 Å². The molecule has 0 N–H and O–H groups in total. The second kappa shape index (κ2) is 3.44. The van der Waals surface area contributed by atoms with Gasteiger partial charge in [-0.2, -0.15) is 4.98 Å². The van der Waals surface area contributed by atoms with Gasteiger partial charge in [0.2, 0.25) is 5.28 Å². The van der Waals surface area contributed by atoms with Crippen molar-refractivity contribution in [2.45, 2.75) is 5.92 Å². The van der Waals surface area contributed by atoms with E-state index in [0.29, 0.717) is 11.6 Å². The van der Waals surface area contributed by atoms with Crippen molar-refractivity contribution < 1.29 is 13.5 Å². The first-order valence-electron chi connectivity index (χ1n) is 4.21. The van der Waals surface area contributed by atoms with Gasteiger partial charge >= 0.3 is 0 Å². The quantitative estimate of drug-likeness (QED) is 0.730. The Morgan fingerprint density at radius 1 is 1.53 bits per heavy atom. The van der Waals surface area contributed by atoms with Crippen molar-refractivity contribution >= 4 is 17.4 Å². The number of nitrogens with zero attached hydrogens (tertiary/aromatic N) is 3. The minimum Gasteiger partial charge on any atom is -0.491 e. The van der Waals surface area contributed by atoms with Gasteiger partial charge in [0, 0.05) is 0 Å². The van der Waals surface area contributed by atoms with Crippen molar-refractivity contribution in [3.8, 4) is 5.75 Å². The maximum atomic E-state index is 12.7. The molecule has 15 heavy (non-hydrogen) atoms. The van der Waals surface area contributed by atoms with Crippen molar-refractivity contribution in [2.24, 2.45) is 0 Å². The highest BCUT2D eigenvalue weighted by molar-refractivity contribution is 6.28. The topological polar surface area (TPSA) is 38.3 Å². The number of anilines is 1. The molecule has 1 aromatic heterocycles. The number of aromatic nitrogens is 2. The highest BCUT2D eigenvalue weighted by atomic mass is 35.5. The molecule has 0 unspecified atom stereocenters. The molecule has 0 radical (unpaired) electrons. The lowest BCUT2D eigenvalue weighted by molar-refractivity contribution is -0.0269. The Kier molecular flexibility index (Phi) is 2.38. The first-order chi connectivity index (χ1) is 7.02. The van der Waals surface area contributed by atoms with Gasteiger partial charge in [0.15, 0.2) is 11.6 Å². The molecule has 0 atom stereocenters. The number of rotatable bonds is 2. The molecule has 0 saturated carbocycles. The molecular formula is C8H8ClF2N3O. The summed E-state index contributed by atoms with van der Waals surface area (Å²) in [7, 11) is 1.42. The minimum absolute atomic E-state index is 0.0148. The second-order valence-electron chi connectivity index (χ2n) is 3.24. The summed E-state index contributed by atoms with van der Waals surface area (Å²) in [6, 6.07) is 0. The summed E-state index contributed by atoms with van der Waals surface area (Å²) < 4.78 is 30.3. The number of halogens is 3. The van der Waals surface area contributed by atoms with E-state index in [0.717, 1.165) is 0 Å². The summed E-state index contributed by atoms with van der Waals surface area (Å²) >= 11 is 5.58. The van der Waals surface area contributed by atoms with Gasteiger partial charge in [-0.3, -0.25) is 0 Å². The Morgan fingerprint density at radius 2 is 2.20 bits per heavy atom. The maximum Gasteiger partial charge on any atom is 0.282 e. The van der Waals surface area contributed by atoms with Crippen LogP contribution in [0, 0.1) is 0 Å². The Morgan fingerprint density at radius 3 is 2.73 bits per heavy atom. The van der Waals surface area contributed by atoms with E-state index in [1.54, 1.807) is 0 Å². The van der Waals surface area contributed by atoms with Crippen molar-refractivity contribution in [1.29, 1.82) is 0 Å². The summed E-state index contributed by atoms with van der Waals surface area (Å²) in [6.07, 6.45) is 1.36. The molecule has 7 heteroatoms. The molecule has 4 nitrogen and oxygen atoms in total. The fourth-order valence-electron chi connectivity index (χ4n) is 1.37. The molecule has 1 aliphatic heterocycles. The van der Waals surface area contributed by atoms with Crippen LogP contribution in [0.2, 0.25) is 5.28 Å². The van der Waals surface area contributed by atoms with Gasteiger partial charge in [-0.25, -0.2) is 13.8 Å². The molecule has 0 bridgehead atoms. The number of alkyl halides is 2. The van der Waals surface area contributed by atoms with E-state index < -0.39 is 5.92 Å². The highest BCUT2D eigenvalue weighted by Crippen LogP contribution is 2.35. The standard InChI is InChI=1S/C8H8ClF2N3O/c1-15-5-2-12-7(9)13-6(5)14-3-8(10,11)4-14/h2H,3-4H2,1H3. The predicted octanol–water partition coefficient (Wildman–Crippen LogP) is 1.59. The minimum atomic E-state index is -2.65. The third-order valence-corrected chi connectivity index (χ3v) is 2.25. The van der Waals surface area contributed by atoms with E-state index in [1.807, 2.05) is 0 Å². The average Bonchev–Trinajstić information content (AvgIpc) is 2.14. The summed E-state index contributed by atoms with van der Waals surface area (Å²) in [5.74, 6) is -2.00. The smallest absolute Gasteiger partial charge is 0.282 e. The van der Waals surface area contributed by atoms with Crippen LogP contribution in [0.5, 0.6) is 5.75 Å². The highest BCUT2D eigenvalue weighted by Gasteiger charge is 2.45. The summed E-state index contributed by atoms with van der Waals surface area (Å²) in [6.45, 7) is -0.729. The Bertz CT molecular complexity index is 380. The Labute approximate surface area is 89.8 Å². The second-order valence-corrected chi connectivity index (χ2v) is 3.58. The SMILES string of the molecule is COc1cnc(Cl)nc1N1CC(F)(F)C1. The van der Waals surface area contributed by atoms with Crippen LogP contribution in [0.15, 0.2) is 6.20 Å². The first-order valence-corrected chi connectivity index (χ1v) is 4.59. The summed E-state index contributed by atoms with van der Waals surface area (Å²) in [5, 5.41) is 0.0148. The number of methoxy groups -OCH3 is 1. The normalized spacial score (nSPS) is 18.5. The van der Waals surface area contributed by atoms with E-state index in [9.17, 15) is 8.78 Å². The lowest BCUT2D eigenvalue weighted by atomic mass is 10.1. The van der Waals surface area contributed by atoms with Crippen molar-refractivity contribution in [2.75, 3.05) is 25.1 Å². The molecular weight excluding hydrogens is 228 g/mol. The van der Waals surface area contributed by atoms with Gasteiger partial charge in [-0.05, 0) is 11.6 Å². The van der Waals surface area contributed by atoms with Crippen LogP contribution in [-0.4, -0.2) is 36.1 Å². The van der Waals surface area contributed by atoms with Gasteiger partial charge in [-0.1, -0.05) is 0 Å². The van der Waals surface area contributed by atoms with Gasteiger partial charge in [0.25, 0.3) is 5.92 Å². The summed E-state index contributed by atoms with van der Waals surface area (Å²) in [4.78, 5) is 8.95. The third kappa shape index (κ3) is 1.94. The van der Waals surface area contributed by atoms with E-state index in [-0.39, 0.29) is 18.4 Å². The van der Waals surface area contributed by atoms with E-state index >= 15 is 0 Å². The van der Waals surface area contributed by atoms with Crippen LogP contribution < -0.4 is 9.64 Å². The predicted molar refractivity (Wildman–Crippen MR) is 50.8 cm³/mol.